The van der Waals surface area contributed by atoms with Gasteiger partial charge in [-0.05, 0) is 47.9 Å². The highest BCUT2D eigenvalue weighted by molar-refractivity contribution is 5.89. The Morgan fingerprint density at radius 2 is 1.96 bits per heavy atom. The molecule has 3 aromatic rings. The Hall–Kier alpha value is -3.55. The molecule has 28 heavy (non-hydrogen) atoms. The van der Waals surface area contributed by atoms with Gasteiger partial charge in [-0.15, -0.1) is 5.10 Å². The smallest absolute Gasteiger partial charge is 0.364 e. The van der Waals surface area contributed by atoms with Gasteiger partial charge in [0.15, 0.2) is 0 Å². The Balaban J connectivity index is 1.87. The minimum atomic E-state index is -0.658. The van der Waals surface area contributed by atoms with Crippen LogP contribution in [0.25, 0.3) is 0 Å². The Morgan fingerprint density at radius 3 is 2.68 bits per heavy atom. The van der Waals surface area contributed by atoms with Crippen LogP contribution in [-0.2, 0) is 11.3 Å². The van der Waals surface area contributed by atoms with E-state index in [1.807, 2.05) is 31.2 Å². The van der Waals surface area contributed by atoms with Crippen molar-refractivity contribution in [2.24, 2.45) is 5.10 Å². The van der Waals surface area contributed by atoms with Crippen molar-refractivity contribution in [1.29, 1.82) is 0 Å². The number of carbonyl (C=O) groups excluding carboxylic acids is 1. The van der Waals surface area contributed by atoms with Gasteiger partial charge in [0.25, 0.3) is 5.88 Å². The van der Waals surface area contributed by atoms with Crippen molar-refractivity contribution in [3.63, 3.8) is 0 Å². The van der Waals surface area contributed by atoms with Crippen LogP contribution in [0.1, 0.15) is 34.1 Å². The molecule has 0 atom stereocenters. The summed E-state index contributed by atoms with van der Waals surface area (Å²) in [6, 6.07) is 13.5. The van der Waals surface area contributed by atoms with E-state index in [2.05, 4.69) is 15.4 Å². The minimum absolute atomic E-state index is 0.0487. The average Bonchev–Trinajstić information content (AvgIpc) is 3.10. The lowest BCUT2D eigenvalue weighted by Crippen LogP contribution is -2.09. The largest absolute Gasteiger partial charge is 0.470 e. The lowest BCUT2D eigenvalue weighted by molar-refractivity contribution is 0.0513. The fourth-order valence-electron chi connectivity index (χ4n) is 2.38. The molecule has 144 valence electrons. The van der Waals surface area contributed by atoms with Crippen molar-refractivity contribution < 1.29 is 18.7 Å². The third kappa shape index (κ3) is 4.59. The lowest BCUT2D eigenvalue weighted by Gasteiger charge is -2.07. The van der Waals surface area contributed by atoms with Gasteiger partial charge in [0.05, 0.1) is 12.8 Å². The van der Waals surface area contributed by atoms with E-state index in [4.69, 9.17) is 9.47 Å². The first-order chi connectivity index (χ1) is 13.6. The number of ether oxygens (including phenoxy) is 2. The van der Waals surface area contributed by atoms with E-state index in [9.17, 15) is 9.18 Å². The molecular weight excluding hydrogens is 363 g/mol. The van der Waals surface area contributed by atoms with Crippen LogP contribution in [0.5, 0.6) is 5.88 Å². The summed E-state index contributed by atoms with van der Waals surface area (Å²) in [5.74, 6) is -0.952. The summed E-state index contributed by atoms with van der Waals surface area (Å²) >= 11 is 0. The third-order valence-electron chi connectivity index (χ3n) is 3.87. The number of nitrogens with zero attached hydrogens (tertiary/aromatic N) is 4. The maximum atomic E-state index is 13.1. The number of benzene rings is 2. The van der Waals surface area contributed by atoms with Crippen molar-refractivity contribution in [3.8, 4) is 5.88 Å². The summed E-state index contributed by atoms with van der Waals surface area (Å²) in [6.07, 6.45) is 1.60. The van der Waals surface area contributed by atoms with Crippen LogP contribution in [0.2, 0.25) is 0 Å². The molecule has 2 aromatic carbocycles. The van der Waals surface area contributed by atoms with E-state index >= 15 is 0 Å². The SMILES string of the molecule is CCOC(=O)c1nnn(N=Cc2ccccc2C)c1OCc1ccc(F)cc1. The summed E-state index contributed by atoms with van der Waals surface area (Å²) in [5.41, 5.74) is 2.56. The van der Waals surface area contributed by atoms with E-state index in [1.165, 1.54) is 12.1 Å². The predicted octanol–water partition coefficient (Wildman–Crippen LogP) is 3.36. The minimum Gasteiger partial charge on any atom is -0.470 e. The Kier molecular flexibility index (Phi) is 6.11. The Morgan fingerprint density at radius 1 is 1.21 bits per heavy atom. The predicted molar refractivity (Wildman–Crippen MR) is 101 cm³/mol. The molecule has 0 bridgehead atoms. The van der Waals surface area contributed by atoms with Crippen molar-refractivity contribution in [2.45, 2.75) is 20.5 Å². The van der Waals surface area contributed by atoms with Crippen LogP contribution in [0.4, 0.5) is 4.39 Å². The molecule has 0 aliphatic rings. The maximum absolute atomic E-state index is 13.1. The second kappa shape index (κ2) is 8.90. The van der Waals surface area contributed by atoms with Gasteiger partial charge in [0.1, 0.15) is 12.4 Å². The highest BCUT2D eigenvalue weighted by Crippen LogP contribution is 2.19. The quantitative estimate of drug-likeness (QED) is 0.462. The van der Waals surface area contributed by atoms with Crippen LogP contribution in [-0.4, -0.2) is 33.9 Å². The number of rotatable bonds is 7. The van der Waals surface area contributed by atoms with Gasteiger partial charge in [0, 0.05) is 0 Å². The number of aromatic nitrogens is 3. The lowest BCUT2D eigenvalue weighted by atomic mass is 10.1. The van der Waals surface area contributed by atoms with Gasteiger partial charge in [-0.3, -0.25) is 0 Å². The molecular formula is C20H19FN4O3. The fraction of sp³-hybridized carbons (Fsp3) is 0.200. The van der Waals surface area contributed by atoms with Gasteiger partial charge in [-0.1, -0.05) is 41.2 Å². The summed E-state index contributed by atoms with van der Waals surface area (Å²) in [5, 5.41) is 12.0. The molecule has 1 heterocycles. The molecule has 0 spiro atoms. The summed E-state index contributed by atoms with van der Waals surface area (Å²) < 4.78 is 23.8. The molecule has 0 saturated carbocycles. The van der Waals surface area contributed by atoms with Gasteiger partial charge < -0.3 is 9.47 Å². The van der Waals surface area contributed by atoms with Crippen LogP contribution in [0.15, 0.2) is 53.6 Å². The zero-order valence-corrected chi connectivity index (χ0v) is 15.5. The molecule has 0 aliphatic heterocycles. The average molecular weight is 382 g/mol. The van der Waals surface area contributed by atoms with E-state index in [1.54, 1.807) is 25.3 Å². The first-order valence-corrected chi connectivity index (χ1v) is 8.68. The first-order valence-electron chi connectivity index (χ1n) is 8.68. The van der Waals surface area contributed by atoms with Crippen molar-refractivity contribution >= 4 is 12.2 Å². The second-order valence-corrected chi connectivity index (χ2v) is 5.87. The Labute approximate surface area is 161 Å². The molecule has 7 nitrogen and oxygen atoms in total. The molecule has 0 amide bonds. The number of halogens is 1. The van der Waals surface area contributed by atoms with Gasteiger partial charge in [0.2, 0.25) is 5.69 Å². The molecule has 0 fully saturated rings. The van der Waals surface area contributed by atoms with Crippen LogP contribution < -0.4 is 4.74 Å². The van der Waals surface area contributed by atoms with E-state index in [0.29, 0.717) is 5.56 Å². The van der Waals surface area contributed by atoms with Crippen molar-refractivity contribution in [3.05, 3.63) is 76.7 Å². The van der Waals surface area contributed by atoms with Crippen LogP contribution in [0.3, 0.4) is 0 Å². The van der Waals surface area contributed by atoms with E-state index in [-0.39, 0.29) is 30.6 Å². The molecule has 0 aliphatic carbocycles. The number of carbonyl (C=O) groups is 1. The standard InChI is InChI=1S/C20H19FN4O3/c1-3-27-20(26)18-19(28-13-15-8-10-17(21)11-9-15)25(24-23-18)22-12-16-7-5-4-6-14(16)2/h4-12H,3,13H2,1-2H3. The highest BCUT2D eigenvalue weighted by Gasteiger charge is 2.23. The summed E-state index contributed by atoms with van der Waals surface area (Å²) in [4.78, 5) is 13.3. The third-order valence-corrected chi connectivity index (χ3v) is 3.87. The molecule has 0 radical (unpaired) electrons. The molecule has 1 aromatic heterocycles. The molecule has 0 N–H and O–H groups in total. The molecule has 3 rings (SSSR count). The summed E-state index contributed by atoms with van der Waals surface area (Å²) in [6.45, 7) is 3.92. The van der Waals surface area contributed by atoms with E-state index < -0.39 is 5.97 Å². The normalized spacial score (nSPS) is 11.0. The Bertz CT molecular complexity index is 983. The zero-order valence-electron chi connectivity index (χ0n) is 15.5. The van der Waals surface area contributed by atoms with E-state index in [0.717, 1.165) is 15.9 Å². The van der Waals surface area contributed by atoms with Gasteiger partial charge in [-0.25, -0.2) is 9.18 Å². The van der Waals surface area contributed by atoms with Gasteiger partial charge in [-0.2, -0.15) is 5.10 Å². The summed E-state index contributed by atoms with van der Waals surface area (Å²) in [7, 11) is 0. The van der Waals surface area contributed by atoms with Crippen LogP contribution >= 0.6 is 0 Å². The first kappa shape index (κ1) is 19.2. The topological polar surface area (TPSA) is 78.6 Å². The second-order valence-electron chi connectivity index (χ2n) is 5.87. The van der Waals surface area contributed by atoms with Gasteiger partial charge >= 0.3 is 5.97 Å². The molecule has 8 heteroatoms. The monoisotopic (exact) mass is 382 g/mol. The molecule has 0 saturated heterocycles. The van der Waals surface area contributed by atoms with Crippen molar-refractivity contribution in [2.75, 3.05) is 6.61 Å². The number of esters is 1. The number of aryl methyl sites for hydroxylation is 1. The maximum Gasteiger partial charge on any atom is 0.364 e. The van der Waals surface area contributed by atoms with Crippen LogP contribution in [0, 0.1) is 12.7 Å². The fourth-order valence-corrected chi connectivity index (χ4v) is 2.38. The van der Waals surface area contributed by atoms with Crippen molar-refractivity contribution in [1.82, 2.24) is 15.1 Å². The highest BCUT2D eigenvalue weighted by atomic mass is 19.1. The zero-order chi connectivity index (χ0) is 19.9. The number of hydrogen-bond donors (Lipinski definition) is 0. The molecule has 0 unspecified atom stereocenters. The number of hydrogen-bond acceptors (Lipinski definition) is 6.